The minimum absolute atomic E-state index is 0.128. The number of carbonyl (C=O) groups is 1. The Morgan fingerprint density at radius 1 is 1.12 bits per heavy atom. The molecular formula is C17H19ClN2O3S2. The second-order valence-electron chi connectivity index (χ2n) is 5.26. The minimum atomic E-state index is -3.78. The number of benzene rings is 2. The average Bonchev–Trinajstić information content (AvgIpc) is 2.61. The number of amides is 1. The molecule has 25 heavy (non-hydrogen) atoms. The molecule has 0 heterocycles. The molecular weight excluding hydrogens is 380 g/mol. The van der Waals surface area contributed by atoms with E-state index in [9.17, 15) is 13.2 Å². The largest absolute Gasteiger partial charge is 0.325 e. The number of halogens is 1. The van der Waals surface area contributed by atoms with Gasteiger partial charge in [-0.25, -0.2) is 8.42 Å². The SMILES string of the molecule is CSCC[C@H](NS(=O)(=O)c1ccccc1)C(=O)Nc1ccc(Cl)cc1. The maximum absolute atomic E-state index is 12.5. The number of thioether (sulfide) groups is 1. The summed E-state index contributed by atoms with van der Waals surface area (Å²) < 4.78 is 27.5. The van der Waals surface area contributed by atoms with E-state index in [0.717, 1.165) is 0 Å². The first-order valence-electron chi connectivity index (χ1n) is 7.55. The first-order valence-corrected chi connectivity index (χ1v) is 10.8. The van der Waals surface area contributed by atoms with Gasteiger partial charge in [0.15, 0.2) is 0 Å². The van der Waals surface area contributed by atoms with E-state index in [-0.39, 0.29) is 4.90 Å². The van der Waals surface area contributed by atoms with Crippen molar-refractivity contribution in [1.82, 2.24) is 4.72 Å². The Bertz CT molecular complexity index is 796. The van der Waals surface area contributed by atoms with Crippen LogP contribution in [0.25, 0.3) is 0 Å². The van der Waals surface area contributed by atoms with E-state index in [4.69, 9.17) is 11.6 Å². The van der Waals surface area contributed by atoms with E-state index in [1.165, 1.54) is 12.1 Å². The van der Waals surface area contributed by atoms with Crippen LogP contribution in [0, 0.1) is 0 Å². The summed E-state index contributed by atoms with van der Waals surface area (Å²) in [5.41, 5.74) is 0.558. The highest BCUT2D eigenvalue weighted by molar-refractivity contribution is 7.98. The van der Waals surface area contributed by atoms with Gasteiger partial charge >= 0.3 is 0 Å². The molecule has 2 rings (SSSR count). The maximum atomic E-state index is 12.5. The molecule has 0 radical (unpaired) electrons. The zero-order valence-electron chi connectivity index (χ0n) is 13.6. The monoisotopic (exact) mass is 398 g/mol. The molecule has 0 aromatic heterocycles. The molecule has 0 unspecified atom stereocenters. The second kappa shape index (κ2) is 9.24. The average molecular weight is 399 g/mol. The van der Waals surface area contributed by atoms with E-state index < -0.39 is 22.0 Å². The molecule has 2 aromatic rings. The molecule has 2 aromatic carbocycles. The van der Waals surface area contributed by atoms with Crippen LogP contribution >= 0.6 is 23.4 Å². The second-order valence-corrected chi connectivity index (χ2v) is 8.40. The number of hydrogen-bond donors (Lipinski definition) is 2. The van der Waals surface area contributed by atoms with Crippen molar-refractivity contribution in [3.05, 3.63) is 59.6 Å². The zero-order valence-corrected chi connectivity index (χ0v) is 16.0. The van der Waals surface area contributed by atoms with Crippen LogP contribution in [0.4, 0.5) is 5.69 Å². The molecule has 5 nitrogen and oxygen atoms in total. The Morgan fingerprint density at radius 3 is 2.36 bits per heavy atom. The Hall–Kier alpha value is -1.54. The van der Waals surface area contributed by atoms with Crippen LogP contribution in [-0.4, -0.2) is 32.4 Å². The van der Waals surface area contributed by atoms with Crippen molar-refractivity contribution in [3.63, 3.8) is 0 Å². The summed E-state index contributed by atoms with van der Waals surface area (Å²) in [5, 5.41) is 3.28. The lowest BCUT2D eigenvalue weighted by atomic mass is 10.2. The third-order valence-corrected chi connectivity index (χ3v) is 5.77. The molecule has 0 aliphatic rings. The molecule has 0 spiro atoms. The van der Waals surface area contributed by atoms with Crippen LogP contribution in [0.5, 0.6) is 0 Å². The fourth-order valence-corrected chi connectivity index (χ4v) is 3.95. The van der Waals surface area contributed by atoms with Gasteiger partial charge in [-0.1, -0.05) is 29.8 Å². The van der Waals surface area contributed by atoms with E-state index in [2.05, 4.69) is 10.0 Å². The number of carbonyl (C=O) groups excluding carboxylic acids is 1. The molecule has 0 saturated heterocycles. The van der Waals surface area contributed by atoms with Gasteiger partial charge in [-0.2, -0.15) is 16.5 Å². The van der Waals surface area contributed by atoms with Crippen molar-refractivity contribution in [1.29, 1.82) is 0 Å². The summed E-state index contributed by atoms with van der Waals surface area (Å²) in [5.74, 6) is 0.242. The summed E-state index contributed by atoms with van der Waals surface area (Å²) in [6.45, 7) is 0. The first-order chi connectivity index (χ1) is 11.9. The topological polar surface area (TPSA) is 75.3 Å². The normalized spacial score (nSPS) is 12.6. The Morgan fingerprint density at radius 2 is 1.76 bits per heavy atom. The van der Waals surface area contributed by atoms with Gasteiger partial charge in [0, 0.05) is 10.7 Å². The van der Waals surface area contributed by atoms with Crippen LogP contribution in [-0.2, 0) is 14.8 Å². The van der Waals surface area contributed by atoms with Crippen LogP contribution < -0.4 is 10.0 Å². The summed E-state index contributed by atoms with van der Waals surface area (Å²) in [6, 6.07) is 13.8. The minimum Gasteiger partial charge on any atom is -0.325 e. The zero-order chi connectivity index (χ0) is 18.3. The first kappa shape index (κ1) is 19.8. The summed E-state index contributed by atoms with van der Waals surface area (Å²) in [4.78, 5) is 12.7. The van der Waals surface area contributed by atoms with Crippen LogP contribution in [0.3, 0.4) is 0 Å². The van der Waals surface area contributed by atoms with Crippen LogP contribution in [0.1, 0.15) is 6.42 Å². The smallest absolute Gasteiger partial charge is 0.242 e. The quantitative estimate of drug-likeness (QED) is 0.714. The molecule has 0 fully saturated rings. The van der Waals surface area contributed by atoms with E-state index >= 15 is 0 Å². The number of anilines is 1. The lowest BCUT2D eigenvalue weighted by Gasteiger charge is -2.18. The number of hydrogen-bond acceptors (Lipinski definition) is 4. The summed E-state index contributed by atoms with van der Waals surface area (Å²) >= 11 is 7.37. The Labute approximate surface area is 157 Å². The lowest BCUT2D eigenvalue weighted by Crippen LogP contribution is -2.44. The van der Waals surface area contributed by atoms with Gasteiger partial charge in [-0.05, 0) is 54.8 Å². The molecule has 2 N–H and O–H groups in total. The predicted octanol–water partition coefficient (Wildman–Crippen LogP) is 3.38. The summed E-state index contributed by atoms with van der Waals surface area (Å²) in [6.07, 6.45) is 2.28. The van der Waals surface area contributed by atoms with E-state index in [1.54, 1.807) is 54.2 Å². The van der Waals surface area contributed by atoms with Crippen LogP contribution in [0.2, 0.25) is 5.02 Å². The number of sulfonamides is 1. The van der Waals surface area contributed by atoms with Crippen molar-refractivity contribution < 1.29 is 13.2 Å². The Balaban J connectivity index is 2.14. The molecule has 0 saturated carbocycles. The lowest BCUT2D eigenvalue weighted by molar-refractivity contribution is -0.117. The van der Waals surface area contributed by atoms with Gasteiger partial charge in [0.1, 0.15) is 6.04 Å². The molecule has 0 aliphatic heterocycles. The highest BCUT2D eigenvalue weighted by Gasteiger charge is 2.25. The highest BCUT2D eigenvalue weighted by Crippen LogP contribution is 2.15. The van der Waals surface area contributed by atoms with E-state index in [1.807, 2.05) is 6.26 Å². The standard InChI is InChI=1S/C17H19ClN2O3S2/c1-24-12-11-16(17(21)19-14-9-7-13(18)8-10-14)20-25(22,23)15-5-3-2-4-6-15/h2-10,16,20H,11-12H2,1H3,(H,19,21)/t16-/m0/s1. The molecule has 0 bridgehead atoms. The molecule has 0 aliphatic carbocycles. The third-order valence-electron chi connectivity index (χ3n) is 3.39. The van der Waals surface area contributed by atoms with Gasteiger partial charge in [0.05, 0.1) is 4.90 Å². The number of rotatable bonds is 8. The van der Waals surface area contributed by atoms with Gasteiger partial charge in [-0.15, -0.1) is 0 Å². The molecule has 8 heteroatoms. The van der Waals surface area contributed by atoms with Gasteiger partial charge in [-0.3, -0.25) is 4.79 Å². The third kappa shape index (κ3) is 6.04. The van der Waals surface area contributed by atoms with E-state index in [0.29, 0.717) is 22.9 Å². The summed E-state index contributed by atoms with van der Waals surface area (Å²) in [7, 11) is -3.78. The fourth-order valence-electron chi connectivity index (χ4n) is 2.10. The van der Waals surface area contributed by atoms with Crippen molar-refractivity contribution in [2.24, 2.45) is 0 Å². The molecule has 134 valence electrons. The van der Waals surface area contributed by atoms with Gasteiger partial charge in [0.25, 0.3) is 0 Å². The van der Waals surface area contributed by atoms with Crippen LogP contribution in [0.15, 0.2) is 59.5 Å². The molecule has 1 amide bonds. The van der Waals surface area contributed by atoms with Crippen molar-refractivity contribution in [2.75, 3.05) is 17.3 Å². The number of nitrogens with one attached hydrogen (secondary N) is 2. The maximum Gasteiger partial charge on any atom is 0.242 e. The van der Waals surface area contributed by atoms with Crippen molar-refractivity contribution >= 4 is 45.0 Å². The Kier molecular flexibility index (Phi) is 7.31. The predicted molar refractivity (Wildman–Crippen MR) is 104 cm³/mol. The van der Waals surface area contributed by atoms with Gasteiger partial charge in [0.2, 0.25) is 15.9 Å². The molecule has 1 atom stereocenters. The van der Waals surface area contributed by atoms with Crippen molar-refractivity contribution in [2.45, 2.75) is 17.4 Å². The van der Waals surface area contributed by atoms with Crippen molar-refractivity contribution in [3.8, 4) is 0 Å². The fraction of sp³-hybridized carbons (Fsp3) is 0.235. The highest BCUT2D eigenvalue weighted by atomic mass is 35.5. The van der Waals surface area contributed by atoms with Gasteiger partial charge < -0.3 is 5.32 Å².